The van der Waals surface area contributed by atoms with Crippen molar-refractivity contribution >= 4 is 17.9 Å². The standard InChI is InChI=1S/C74H122O6/c1-4-7-10-13-16-19-22-25-28-30-31-32-33-34-35-36-37-38-39-40-41-42-43-44-47-49-52-55-58-61-64-67-73(76)79-70-71(69-78-72(75)66-63-60-57-54-51-48-45-27-24-21-18-15-12-9-6-3)80-74(77)68-65-62-59-56-53-50-46-29-26-23-20-17-14-11-8-5-2/h7,10,16,18-19,21,25,27-28,31-32,34-35,37-38,40-41,43-45,49,52,71H,4-6,8-9,11-15,17,20,22-24,26,29-30,33,36,39,42,46-48,50-51,53-70H2,1-3H3/b10-7-,19-16-,21-18-,28-25-,32-31-,35-34-,38-37-,41-40-,44-43-,45-27-,52-49-. The Kier molecular flexibility index (Phi) is 63.3. The molecule has 0 saturated carbocycles. The molecule has 0 aliphatic carbocycles. The van der Waals surface area contributed by atoms with Crippen molar-refractivity contribution < 1.29 is 28.6 Å². The zero-order chi connectivity index (χ0) is 57.8. The zero-order valence-electron chi connectivity index (χ0n) is 52.0. The van der Waals surface area contributed by atoms with Gasteiger partial charge in [-0.3, -0.25) is 14.4 Å². The molecule has 80 heavy (non-hydrogen) atoms. The van der Waals surface area contributed by atoms with Gasteiger partial charge in [-0.1, -0.05) is 289 Å². The maximum Gasteiger partial charge on any atom is 0.306 e. The van der Waals surface area contributed by atoms with Gasteiger partial charge in [-0.15, -0.1) is 0 Å². The minimum Gasteiger partial charge on any atom is -0.462 e. The van der Waals surface area contributed by atoms with Gasteiger partial charge in [0.1, 0.15) is 13.2 Å². The lowest BCUT2D eigenvalue weighted by Crippen LogP contribution is -2.30. The molecule has 0 amide bonds. The largest absolute Gasteiger partial charge is 0.462 e. The van der Waals surface area contributed by atoms with Crippen LogP contribution in [0.2, 0.25) is 0 Å². The SMILES string of the molecule is CC/C=C\C/C=C\C/C=C\C/C=C\C/C=C\C/C=C\C/C=C\C/C=C\C/C=C\CCCCCC(=O)OCC(COC(=O)CCCCCCC/C=C\C/C=C\CCCCC)OC(=O)CCCCCCCCCCCCCCCCCC. The van der Waals surface area contributed by atoms with E-state index in [1.165, 1.54) is 109 Å². The van der Waals surface area contributed by atoms with Gasteiger partial charge < -0.3 is 14.2 Å². The van der Waals surface area contributed by atoms with Crippen molar-refractivity contribution in [2.45, 2.75) is 303 Å². The van der Waals surface area contributed by atoms with E-state index in [0.29, 0.717) is 19.3 Å². The van der Waals surface area contributed by atoms with Crippen molar-refractivity contribution in [2.24, 2.45) is 0 Å². The van der Waals surface area contributed by atoms with Gasteiger partial charge in [0, 0.05) is 19.3 Å². The number of esters is 3. The molecule has 6 heteroatoms. The van der Waals surface area contributed by atoms with E-state index in [-0.39, 0.29) is 31.1 Å². The molecule has 0 aliphatic rings. The van der Waals surface area contributed by atoms with Gasteiger partial charge >= 0.3 is 17.9 Å². The van der Waals surface area contributed by atoms with E-state index >= 15 is 0 Å². The second-order valence-electron chi connectivity index (χ2n) is 21.6. The van der Waals surface area contributed by atoms with E-state index in [1.807, 2.05) is 0 Å². The minimum atomic E-state index is -0.801. The van der Waals surface area contributed by atoms with E-state index in [1.54, 1.807) is 0 Å². The molecule has 0 saturated heterocycles. The van der Waals surface area contributed by atoms with Crippen LogP contribution < -0.4 is 0 Å². The number of rotatable bonds is 59. The van der Waals surface area contributed by atoms with Gasteiger partial charge in [-0.2, -0.15) is 0 Å². The van der Waals surface area contributed by atoms with Gasteiger partial charge in [0.25, 0.3) is 0 Å². The van der Waals surface area contributed by atoms with Crippen molar-refractivity contribution in [1.82, 2.24) is 0 Å². The summed E-state index contributed by atoms with van der Waals surface area (Å²) in [5.74, 6) is -0.937. The Bertz CT molecular complexity index is 1700. The third-order valence-corrected chi connectivity index (χ3v) is 13.9. The Morgan fingerprint density at radius 3 is 0.800 bits per heavy atom. The topological polar surface area (TPSA) is 78.9 Å². The molecule has 0 fully saturated rings. The molecule has 0 aliphatic heterocycles. The van der Waals surface area contributed by atoms with Crippen LogP contribution in [0.3, 0.4) is 0 Å². The Hall–Kier alpha value is -4.45. The van der Waals surface area contributed by atoms with Gasteiger partial charge in [-0.25, -0.2) is 0 Å². The average molecular weight is 1110 g/mol. The third-order valence-electron chi connectivity index (χ3n) is 13.9. The molecule has 0 aromatic heterocycles. The zero-order valence-corrected chi connectivity index (χ0v) is 52.0. The Balaban J connectivity index is 4.40. The summed E-state index contributed by atoms with van der Waals surface area (Å²) in [6.45, 7) is 6.48. The normalized spacial score (nSPS) is 13.0. The maximum atomic E-state index is 12.9. The van der Waals surface area contributed by atoms with Crippen molar-refractivity contribution in [3.63, 3.8) is 0 Å². The molecule has 0 aromatic rings. The average Bonchev–Trinajstić information content (AvgIpc) is 3.46. The number of carbonyl (C=O) groups is 3. The fraction of sp³-hybridized carbons (Fsp3) is 0.662. The minimum absolute atomic E-state index is 0.0969. The number of hydrogen-bond donors (Lipinski definition) is 0. The molecule has 0 radical (unpaired) electrons. The number of carbonyl (C=O) groups excluding carboxylic acids is 3. The molecule has 1 unspecified atom stereocenters. The fourth-order valence-corrected chi connectivity index (χ4v) is 8.94. The first-order chi connectivity index (χ1) is 39.5. The molecule has 6 nitrogen and oxygen atoms in total. The Morgan fingerprint density at radius 1 is 0.263 bits per heavy atom. The first kappa shape index (κ1) is 75.5. The maximum absolute atomic E-state index is 12.9. The number of ether oxygens (including phenoxy) is 3. The van der Waals surface area contributed by atoms with Crippen LogP contribution in [0.15, 0.2) is 134 Å². The molecule has 1 atom stereocenters. The molecule has 0 N–H and O–H groups in total. The second-order valence-corrected chi connectivity index (χ2v) is 21.6. The summed E-state index contributed by atoms with van der Waals surface area (Å²) in [7, 11) is 0. The van der Waals surface area contributed by atoms with E-state index < -0.39 is 6.10 Å². The Labute approximate surface area is 494 Å². The van der Waals surface area contributed by atoms with Crippen LogP contribution in [-0.2, 0) is 28.6 Å². The van der Waals surface area contributed by atoms with E-state index in [9.17, 15) is 14.4 Å². The highest BCUT2D eigenvalue weighted by molar-refractivity contribution is 5.71. The van der Waals surface area contributed by atoms with Crippen LogP contribution in [0.1, 0.15) is 297 Å². The van der Waals surface area contributed by atoms with Gasteiger partial charge in [0.2, 0.25) is 0 Å². The molecule has 0 heterocycles. The van der Waals surface area contributed by atoms with Crippen molar-refractivity contribution in [1.29, 1.82) is 0 Å². The molecule has 0 bridgehead atoms. The van der Waals surface area contributed by atoms with Crippen LogP contribution in [0, 0.1) is 0 Å². The third kappa shape index (κ3) is 64.4. The summed E-state index contributed by atoms with van der Waals surface area (Å²) < 4.78 is 16.9. The summed E-state index contributed by atoms with van der Waals surface area (Å²) in [6, 6.07) is 0. The molecule has 0 aromatic carbocycles. The van der Waals surface area contributed by atoms with Crippen LogP contribution in [-0.4, -0.2) is 37.2 Å². The van der Waals surface area contributed by atoms with Crippen LogP contribution >= 0.6 is 0 Å². The summed E-state index contributed by atoms with van der Waals surface area (Å²) in [4.78, 5) is 38.3. The van der Waals surface area contributed by atoms with Crippen molar-refractivity contribution in [2.75, 3.05) is 13.2 Å². The van der Waals surface area contributed by atoms with E-state index in [2.05, 4.69) is 154 Å². The number of unbranched alkanes of at least 4 members (excludes halogenated alkanes) is 26. The predicted octanol–water partition coefficient (Wildman–Crippen LogP) is 22.9. The highest BCUT2D eigenvalue weighted by Crippen LogP contribution is 2.16. The molecular weight excluding hydrogens is 985 g/mol. The number of hydrogen-bond acceptors (Lipinski definition) is 6. The molecule has 0 spiro atoms. The second kappa shape index (κ2) is 67.1. The lowest BCUT2D eigenvalue weighted by atomic mass is 10.0. The lowest BCUT2D eigenvalue weighted by molar-refractivity contribution is -0.167. The quantitative estimate of drug-likeness (QED) is 0.0261. The predicted molar refractivity (Wildman–Crippen MR) is 348 cm³/mol. The van der Waals surface area contributed by atoms with Crippen LogP contribution in [0.25, 0.3) is 0 Å². The van der Waals surface area contributed by atoms with Gasteiger partial charge in [0.15, 0.2) is 6.10 Å². The molecule has 454 valence electrons. The summed E-state index contributed by atoms with van der Waals surface area (Å²) in [5.41, 5.74) is 0. The summed E-state index contributed by atoms with van der Waals surface area (Å²) in [5, 5.41) is 0. The van der Waals surface area contributed by atoms with Gasteiger partial charge in [0.05, 0.1) is 0 Å². The van der Waals surface area contributed by atoms with Crippen molar-refractivity contribution in [3.05, 3.63) is 134 Å². The molecule has 0 rings (SSSR count). The van der Waals surface area contributed by atoms with Gasteiger partial charge in [-0.05, 0) is 122 Å². The first-order valence-electron chi connectivity index (χ1n) is 33.2. The lowest BCUT2D eigenvalue weighted by Gasteiger charge is -2.18. The smallest absolute Gasteiger partial charge is 0.306 e. The summed E-state index contributed by atoms with van der Waals surface area (Å²) >= 11 is 0. The first-order valence-corrected chi connectivity index (χ1v) is 33.2. The van der Waals surface area contributed by atoms with E-state index in [0.717, 1.165) is 148 Å². The van der Waals surface area contributed by atoms with Crippen LogP contribution in [0.5, 0.6) is 0 Å². The highest BCUT2D eigenvalue weighted by Gasteiger charge is 2.19. The molecular formula is C74H122O6. The summed E-state index contributed by atoms with van der Waals surface area (Å²) in [6.07, 6.45) is 94.6. The van der Waals surface area contributed by atoms with Crippen molar-refractivity contribution in [3.8, 4) is 0 Å². The fourth-order valence-electron chi connectivity index (χ4n) is 8.94. The van der Waals surface area contributed by atoms with Crippen LogP contribution in [0.4, 0.5) is 0 Å². The van der Waals surface area contributed by atoms with E-state index in [4.69, 9.17) is 14.2 Å². The number of allylic oxidation sites excluding steroid dienone is 22. The monoisotopic (exact) mass is 1110 g/mol. The Morgan fingerprint density at radius 2 is 0.487 bits per heavy atom. The highest BCUT2D eigenvalue weighted by atomic mass is 16.6.